The number of piperidine rings is 1. The summed E-state index contributed by atoms with van der Waals surface area (Å²) in [6.07, 6.45) is 1.05. The van der Waals surface area contributed by atoms with Crippen LogP contribution in [0.5, 0.6) is 0 Å². The largest absolute Gasteiger partial charge is 0.326 e. The Morgan fingerprint density at radius 1 is 1.43 bits per heavy atom. The average Bonchev–Trinajstić information content (AvgIpc) is 2.38. The smallest absolute Gasteiger partial charge is 0.238 e. The van der Waals surface area contributed by atoms with Crippen LogP contribution in [0.3, 0.4) is 0 Å². The van der Waals surface area contributed by atoms with E-state index in [-0.39, 0.29) is 11.9 Å². The lowest BCUT2D eigenvalue weighted by atomic mass is 9.94. The molecule has 2 unspecified atom stereocenters. The molecule has 0 aromatic heterocycles. The normalized spacial score (nSPS) is 23.1. The van der Waals surface area contributed by atoms with Crippen molar-refractivity contribution in [2.75, 3.05) is 25.0 Å². The van der Waals surface area contributed by atoms with E-state index in [0.29, 0.717) is 12.5 Å². The zero-order valence-corrected chi connectivity index (χ0v) is 15.5. The molecule has 1 aromatic carbocycles. The maximum absolute atomic E-state index is 12.2. The van der Waals surface area contributed by atoms with Gasteiger partial charge in [0.2, 0.25) is 5.91 Å². The highest BCUT2D eigenvalue weighted by molar-refractivity contribution is 9.11. The minimum Gasteiger partial charge on any atom is -0.326 e. The van der Waals surface area contributed by atoms with Crippen molar-refractivity contribution in [1.29, 1.82) is 0 Å². The van der Waals surface area contributed by atoms with Crippen molar-refractivity contribution < 1.29 is 4.79 Å². The van der Waals surface area contributed by atoms with Crippen LogP contribution in [0.25, 0.3) is 0 Å². The van der Waals surface area contributed by atoms with Gasteiger partial charge in [0.25, 0.3) is 0 Å². The highest BCUT2D eigenvalue weighted by atomic mass is 79.9. The van der Waals surface area contributed by atoms with Crippen LogP contribution in [0.4, 0.5) is 5.69 Å². The van der Waals surface area contributed by atoms with Gasteiger partial charge in [0.15, 0.2) is 0 Å². The van der Waals surface area contributed by atoms with Crippen molar-refractivity contribution in [3.05, 3.63) is 26.6 Å². The number of halogens is 2. The maximum Gasteiger partial charge on any atom is 0.238 e. The molecule has 3 N–H and O–H groups in total. The van der Waals surface area contributed by atoms with Gasteiger partial charge in [0, 0.05) is 21.5 Å². The van der Waals surface area contributed by atoms with E-state index in [1.807, 2.05) is 19.1 Å². The van der Waals surface area contributed by atoms with E-state index < -0.39 is 0 Å². The predicted molar refractivity (Wildman–Crippen MR) is 93.4 cm³/mol. The van der Waals surface area contributed by atoms with Gasteiger partial charge in [-0.2, -0.15) is 0 Å². The minimum absolute atomic E-state index is 0.0120. The Balaban J connectivity index is 1.96. The molecule has 1 amide bonds. The number of nitrogens with one attached hydrogen (secondary N) is 1. The zero-order valence-electron chi connectivity index (χ0n) is 12.3. The van der Waals surface area contributed by atoms with Crippen molar-refractivity contribution >= 4 is 43.5 Å². The molecular formula is C15H21Br2N3O. The standard InChI is InChI=1S/C15H21Br2N3O/c1-9-5-11(16)15(12(17)6-9)19-14(21)8-20-4-3-10(2)13(18)7-20/h5-6,10,13H,3-4,7-8,18H2,1-2H3,(H,19,21). The Hall–Kier alpha value is -0.430. The fourth-order valence-corrected chi connectivity index (χ4v) is 4.13. The number of hydrogen-bond acceptors (Lipinski definition) is 3. The van der Waals surface area contributed by atoms with E-state index in [4.69, 9.17) is 5.73 Å². The van der Waals surface area contributed by atoms with Crippen LogP contribution in [0, 0.1) is 12.8 Å². The topological polar surface area (TPSA) is 58.4 Å². The number of benzene rings is 1. The highest BCUT2D eigenvalue weighted by Gasteiger charge is 2.24. The second kappa shape index (κ2) is 7.22. The highest BCUT2D eigenvalue weighted by Crippen LogP contribution is 2.32. The molecular weight excluding hydrogens is 398 g/mol. The fraction of sp³-hybridized carbons (Fsp3) is 0.533. The van der Waals surface area contributed by atoms with Crippen LogP contribution in [0.2, 0.25) is 0 Å². The first-order chi connectivity index (χ1) is 9.86. The third-order valence-electron chi connectivity index (χ3n) is 3.92. The number of nitrogens with zero attached hydrogens (tertiary/aromatic N) is 1. The molecule has 0 radical (unpaired) electrons. The van der Waals surface area contributed by atoms with Crippen LogP contribution in [-0.2, 0) is 4.79 Å². The van der Waals surface area contributed by atoms with Gasteiger partial charge in [-0.3, -0.25) is 9.69 Å². The summed E-state index contributed by atoms with van der Waals surface area (Å²) in [5.41, 5.74) is 7.98. The average molecular weight is 419 g/mol. The summed E-state index contributed by atoms with van der Waals surface area (Å²) in [6, 6.07) is 4.13. The Morgan fingerprint density at radius 3 is 2.62 bits per heavy atom. The number of aryl methyl sites for hydroxylation is 1. The summed E-state index contributed by atoms with van der Waals surface area (Å²) in [5, 5.41) is 2.96. The van der Waals surface area contributed by atoms with E-state index in [0.717, 1.165) is 39.7 Å². The molecule has 6 heteroatoms. The second-order valence-electron chi connectivity index (χ2n) is 5.82. The number of amides is 1. The van der Waals surface area contributed by atoms with Gasteiger partial charge in [0.05, 0.1) is 12.2 Å². The van der Waals surface area contributed by atoms with E-state index in [9.17, 15) is 4.79 Å². The number of hydrogen-bond donors (Lipinski definition) is 2. The van der Waals surface area contributed by atoms with Crippen molar-refractivity contribution in [3.63, 3.8) is 0 Å². The molecule has 1 aromatic rings. The number of likely N-dealkylation sites (tertiary alicyclic amines) is 1. The van der Waals surface area contributed by atoms with Crippen molar-refractivity contribution in [2.24, 2.45) is 11.7 Å². The van der Waals surface area contributed by atoms with Crippen LogP contribution >= 0.6 is 31.9 Å². The molecule has 1 heterocycles. The summed E-state index contributed by atoms with van der Waals surface area (Å²) in [5.74, 6) is 0.520. The lowest BCUT2D eigenvalue weighted by Gasteiger charge is -2.34. The molecule has 0 saturated carbocycles. The van der Waals surface area contributed by atoms with E-state index in [1.165, 1.54) is 0 Å². The van der Waals surface area contributed by atoms with E-state index in [2.05, 4.69) is 49.0 Å². The number of anilines is 1. The summed E-state index contributed by atoms with van der Waals surface area (Å²) < 4.78 is 1.76. The molecule has 2 rings (SSSR count). The van der Waals surface area contributed by atoms with Crippen molar-refractivity contribution in [1.82, 2.24) is 4.90 Å². The van der Waals surface area contributed by atoms with E-state index in [1.54, 1.807) is 0 Å². The zero-order chi connectivity index (χ0) is 15.6. The molecule has 1 aliphatic rings. The summed E-state index contributed by atoms with van der Waals surface area (Å²) in [4.78, 5) is 14.3. The monoisotopic (exact) mass is 417 g/mol. The first-order valence-electron chi connectivity index (χ1n) is 7.10. The fourth-order valence-electron chi connectivity index (χ4n) is 2.51. The number of carbonyl (C=O) groups excluding carboxylic acids is 1. The second-order valence-corrected chi connectivity index (χ2v) is 7.53. The van der Waals surface area contributed by atoms with Gasteiger partial charge in [-0.05, 0) is 75.4 Å². The number of nitrogens with two attached hydrogens (primary N) is 1. The van der Waals surface area contributed by atoms with Gasteiger partial charge in [-0.15, -0.1) is 0 Å². The third-order valence-corrected chi connectivity index (χ3v) is 5.17. The molecule has 2 atom stereocenters. The van der Waals surface area contributed by atoms with Gasteiger partial charge in [0.1, 0.15) is 0 Å². The molecule has 1 fully saturated rings. The van der Waals surface area contributed by atoms with Crippen LogP contribution in [0.1, 0.15) is 18.9 Å². The van der Waals surface area contributed by atoms with Crippen molar-refractivity contribution in [2.45, 2.75) is 26.3 Å². The quantitative estimate of drug-likeness (QED) is 0.792. The van der Waals surface area contributed by atoms with Gasteiger partial charge >= 0.3 is 0 Å². The SMILES string of the molecule is Cc1cc(Br)c(NC(=O)CN2CCC(C)C(N)C2)c(Br)c1. The van der Waals surface area contributed by atoms with E-state index >= 15 is 0 Å². The Morgan fingerprint density at radius 2 is 2.05 bits per heavy atom. The predicted octanol–water partition coefficient (Wildman–Crippen LogP) is 3.13. The molecule has 0 spiro atoms. The van der Waals surface area contributed by atoms with Crippen LogP contribution in [0.15, 0.2) is 21.1 Å². The van der Waals surface area contributed by atoms with Gasteiger partial charge in [-0.1, -0.05) is 6.92 Å². The summed E-state index contributed by atoms with van der Waals surface area (Å²) in [6.45, 7) is 6.27. The van der Waals surface area contributed by atoms with Crippen LogP contribution < -0.4 is 11.1 Å². The first-order valence-corrected chi connectivity index (χ1v) is 8.69. The lowest BCUT2D eigenvalue weighted by molar-refractivity contribution is -0.117. The molecule has 0 bridgehead atoms. The molecule has 4 nitrogen and oxygen atoms in total. The molecule has 1 saturated heterocycles. The summed E-state index contributed by atoms with van der Waals surface area (Å²) >= 11 is 6.98. The lowest BCUT2D eigenvalue weighted by Crippen LogP contribution is -2.49. The minimum atomic E-state index is -0.0120. The van der Waals surface area contributed by atoms with Gasteiger partial charge < -0.3 is 11.1 Å². The maximum atomic E-state index is 12.2. The molecule has 21 heavy (non-hydrogen) atoms. The Kier molecular flexibility index (Phi) is 5.82. The molecule has 1 aliphatic heterocycles. The van der Waals surface area contributed by atoms with Crippen molar-refractivity contribution in [3.8, 4) is 0 Å². The summed E-state index contributed by atoms with van der Waals surface area (Å²) in [7, 11) is 0. The number of rotatable bonds is 3. The molecule has 116 valence electrons. The van der Waals surface area contributed by atoms with Crippen LogP contribution in [-0.4, -0.2) is 36.5 Å². The Bertz CT molecular complexity index is 513. The number of carbonyl (C=O) groups is 1. The first kappa shape index (κ1) is 16.9. The molecule has 0 aliphatic carbocycles. The van der Waals surface area contributed by atoms with Gasteiger partial charge in [-0.25, -0.2) is 0 Å². The third kappa shape index (κ3) is 4.52. The Labute approximate surface area is 142 Å².